The third kappa shape index (κ3) is 3.54. The molecule has 3 heterocycles. The van der Waals surface area contributed by atoms with Crippen molar-refractivity contribution in [3.63, 3.8) is 0 Å². The fourth-order valence-electron chi connectivity index (χ4n) is 2.84. The quantitative estimate of drug-likeness (QED) is 0.719. The van der Waals surface area contributed by atoms with Gasteiger partial charge in [0.05, 0.1) is 11.1 Å². The standard InChI is InChI=1S/C19H20N4OS2/c1-19(2)10-20-18(21-11-19)26-9-14-22-16(24)15-13(8-25-17(15)23-14)12-6-4-3-5-7-12/h3-8H,9-11H2,1-2H3,(H,20,21)(H,22,23,24). The van der Waals surface area contributed by atoms with Crippen molar-refractivity contribution < 1.29 is 0 Å². The first-order valence-corrected chi connectivity index (χ1v) is 10.4. The second kappa shape index (κ2) is 6.89. The molecule has 0 saturated carbocycles. The SMILES string of the molecule is CC1(C)CN=C(SCc2nc3scc(-c4ccccc4)c3c(=O)[nH]2)NC1. The van der Waals surface area contributed by atoms with Gasteiger partial charge >= 0.3 is 0 Å². The predicted molar refractivity (Wildman–Crippen MR) is 111 cm³/mol. The smallest absolute Gasteiger partial charge is 0.260 e. The Morgan fingerprint density at radius 2 is 2.08 bits per heavy atom. The first kappa shape index (κ1) is 17.3. The van der Waals surface area contributed by atoms with Crippen molar-refractivity contribution in [2.75, 3.05) is 13.1 Å². The molecule has 2 N–H and O–H groups in total. The molecule has 4 rings (SSSR count). The number of aromatic amines is 1. The van der Waals surface area contributed by atoms with Crippen molar-refractivity contribution >= 4 is 38.5 Å². The highest BCUT2D eigenvalue weighted by molar-refractivity contribution is 8.13. The minimum atomic E-state index is -0.0784. The minimum Gasteiger partial charge on any atom is -0.364 e. The highest BCUT2D eigenvalue weighted by atomic mass is 32.2. The van der Waals surface area contributed by atoms with Crippen LogP contribution in [0.5, 0.6) is 0 Å². The summed E-state index contributed by atoms with van der Waals surface area (Å²) in [5.74, 6) is 1.28. The number of aliphatic imine (C=N–C) groups is 1. The average molecular weight is 385 g/mol. The maximum Gasteiger partial charge on any atom is 0.260 e. The Kier molecular flexibility index (Phi) is 4.58. The zero-order valence-electron chi connectivity index (χ0n) is 14.7. The molecule has 1 aliphatic heterocycles. The van der Waals surface area contributed by atoms with E-state index in [1.165, 1.54) is 11.3 Å². The number of nitrogens with one attached hydrogen (secondary N) is 2. The van der Waals surface area contributed by atoms with Crippen LogP contribution in [-0.4, -0.2) is 28.2 Å². The van der Waals surface area contributed by atoms with E-state index in [-0.39, 0.29) is 11.0 Å². The predicted octanol–water partition coefficient (Wildman–Crippen LogP) is 3.87. The molecule has 0 aliphatic carbocycles. The number of thiophene rings is 1. The summed E-state index contributed by atoms with van der Waals surface area (Å²) in [7, 11) is 0. The van der Waals surface area contributed by atoms with E-state index in [0.29, 0.717) is 17.0 Å². The molecule has 7 heteroatoms. The number of benzene rings is 1. The number of H-pyrrole nitrogens is 1. The molecule has 3 aromatic rings. The van der Waals surface area contributed by atoms with Crippen molar-refractivity contribution in [2.45, 2.75) is 19.6 Å². The van der Waals surface area contributed by atoms with E-state index >= 15 is 0 Å². The second-order valence-corrected chi connectivity index (χ2v) is 8.96. The van der Waals surface area contributed by atoms with Crippen LogP contribution in [0.15, 0.2) is 45.5 Å². The molecule has 0 radical (unpaired) electrons. The van der Waals surface area contributed by atoms with Crippen LogP contribution in [0.3, 0.4) is 0 Å². The summed E-state index contributed by atoms with van der Waals surface area (Å²) in [4.78, 5) is 25.6. The summed E-state index contributed by atoms with van der Waals surface area (Å²) in [6, 6.07) is 9.95. The van der Waals surface area contributed by atoms with Gasteiger partial charge in [0.25, 0.3) is 5.56 Å². The van der Waals surface area contributed by atoms with E-state index in [2.05, 4.69) is 34.1 Å². The van der Waals surface area contributed by atoms with Crippen LogP contribution < -0.4 is 10.9 Å². The molecule has 0 saturated heterocycles. The molecule has 0 atom stereocenters. The first-order chi connectivity index (χ1) is 12.5. The van der Waals surface area contributed by atoms with Gasteiger partial charge in [0.2, 0.25) is 0 Å². The zero-order chi connectivity index (χ0) is 18.1. The average Bonchev–Trinajstić information content (AvgIpc) is 3.06. The topological polar surface area (TPSA) is 70.1 Å². The zero-order valence-corrected chi connectivity index (χ0v) is 16.3. The third-order valence-electron chi connectivity index (χ3n) is 4.29. The van der Waals surface area contributed by atoms with Crippen LogP contribution in [0.1, 0.15) is 19.7 Å². The fraction of sp³-hybridized carbons (Fsp3) is 0.316. The van der Waals surface area contributed by atoms with Crippen molar-refractivity contribution in [1.29, 1.82) is 0 Å². The first-order valence-electron chi connectivity index (χ1n) is 8.49. The summed E-state index contributed by atoms with van der Waals surface area (Å²) in [5.41, 5.74) is 2.10. The summed E-state index contributed by atoms with van der Waals surface area (Å²) < 4.78 is 0. The summed E-state index contributed by atoms with van der Waals surface area (Å²) in [5, 5.41) is 6.95. The van der Waals surface area contributed by atoms with E-state index in [1.54, 1.807) is 11.8 Å². The van der Waals surface area contributed by atoms with Crippen molar-refractivity contribution in [3.8, 4) is 11.1 Å². The van der Waals surface area contributed by atoms with Crippen LogP contribution in [0.2, 0.25) is 0 Å². The van der Waals surface area contributed by atoms with Gasteiger partial charge < -0.3 is 10.3 Å². The Labute approximate surface area is 160 Å². The molecule has 5 nitrogen and oxygen atoms in total. The molecule has 0 amide bonds. The lowest BCUT2D eigenvalue weighted by molar-refractivity contribution is 0.364. The van der Waals surface area contributed by atoms with Gasteiger partial charge in [0, 0.05) is 29.4 Å². The van der Waals surface area contributed by atoms with E-state index < -0.39 is 0 Å². The van der Waals surface area contributed by atoms with Crippen LogP contribution in [0, 0.1) is 5.41 Å². The van der Waals surface area contributed by atoms with Crippen molar-refractivity contribution in [1.82, 2.24) is 15.3 Å². The molecule has 134 valence electrons. The van der Waals surface area contributed by atoms with Crippen LogP contribution in [0.25, 0.3) is 21.3 Å². The molecule has 1 aromatic carbocycles. The molecule has 1 aliphatic rings. The van der Waals surface area contributed by atoms with E-state index in [4.69, 9.17) is 0 Å². The lowest BCUT2D eigenvalue weighted by Gasteiger charge is -2.28. The summed E-state index contributed by atoms with van der Waals surface area (Å²) in [6.45, 7) is 6.11. The highest BCUT2D eigenvalue weighted by Gasteiger charge is 2.22. The largest absolute Gasteiger partial charge is 0.364 e. The van der Waals surface area contributed by atoms with Gasteiger partial charge in [-0.1, -0.05) is 55.9 Å². The minimum absolute atomic E-state index is 0.0784. The Hall–Kier alpha value is -2.12. The highest BCUT2D eigenvalue weighted by Crippen LogP contribution is 2.30. The number of thioether (sulfide) groups is 1. The Morgan fingerprint density at radius 3 is 2.81 bits per heavy atom. The maximum absolute atomic E-state index is 12.6. The van der Waals surface area contributed by atoms with Crippen molar-refractivity contribution in [2.24, 2.45) is 10.4 Å². The lowest BCUT2D eigenvalue weighted by Crippen LogP contribution is -2.39. The van der Waals surface area contributed by atoms with Gasteiger partial charge in [-0.05, 0) is 5.56 Å². The number of hydrogen-bond donors (Lipinski definition) is 2. The number of hydrogen-bond acceptors (Lipinski definition) is 6. The number of aromatic nitrogens is 2. The van der Waals surface area contributed by atoms with Gasteiger partial charge in [-0.2, -0.15) is 0 Å². The van der Waals surface area contributed by atoms with Gasteiger partial charge in [0.15, 0.2) is 5.17 Å². The van der Waals surface area contributed by atoms with Gasteiger partial charge in [-0.3, -0.25) is 9.79 Å². The normalized spacial score (nSPS) is 16.3. The third-order valence-corrected chi connectivity index (χ3v) is 6.13. The summed E-state index contributed by atoms with van der Waals surface area (Å²) in [6.07, 6.45) is 0. The van der Waals surface area contributed by atoms with Crippen LogP contribution >= 0.6 is 23.1 Å². The van der Waals surface area contributed by atoms with Gasteiger partial charge in [-0.25, -0.2) is 4.98 Å². The fourth-order valence-corrected chi connectivity index (χ4v) is 4.54. The van der Waals surface area contributed by atoms with Crippen LogP contribution in [0.4, 0.5) is 0 Å². The molecule has 0 bridgehead atoms. The summed E-state index contributed by atoms with van der Waals surface area (Å²) >= 11 is 3.09. The Morgan fingerprint density at radius 1 is 1.27 bits per heavy atom. The van der Waals surface area contributed by atoms with E-state index in [9.17, 15) is 4.79 Å². The van der Waals surface area contributed by atoms with E-state index in [0.717, 1.165) is 34.2 Å². The lowest BCUT2D eigenvalue weighted by atomic mass is 9.93. The molecule has 0 spiro atoms. The second-order valence-electron chi connectivity index (χ2n) is 7.14. The van der Waals surface area contributed by atoms with Crippen molar-refractivity contribution in [3.05, 3.63) is 51.9 Å². The van der Waals surface area contributed by atoms with E-state index in [1.807, 2.05) is 35.7 Å². The van der Waals surface area contributed by atoms with Gasteiger partial charge in [0.1, 0.15) is 10.7 Å². The molecule has 26 heavy (non-hydrogen) atoms. The molecular formula is C19H20N4OS2. The number of rotatable bonds is 3. The number of amidine groups is 1. The van der Waals surface area contributed by atoms with Crippen LogP contribution in [-0.2, 0) is 5.75 Å². The molecular weight excluding hydrogens is 364 g/mol. The maximum atomic E-state index is 12.6. The van der Waals surface area contributed by atoms with Gasteiger partial charge in [-0.15, -0.1) is 11.3 Å². The molecule has 0 fully saturated rings. The molecule has 0 unspecified atom stereocenters. The number of fused-ring (bicyclic) bond motifs is 1. The Balaban J connectivity index is 1.57. The molecule has 2 aromatic heterocycles. The number of nitrogens with zero attached hydrogens (tertiary/aromatic N) is 2. The monoisotopic (exact) mass is 384 g/mol. The Bertz CT molecular complexity index is 1020.